The summed E-state index contributed by atoms with van der Waals surface area (Å²) in [6.45, 7) is 2.68. The zero-order chi connectivity index (χ0) is 25.1. The first-order valence-electron chi connectivity index (χ1n) is 11.5. The second kappa shape index (κ2) is 8.01. The molecule has 0 saturated heterocycles. The van der Waals surface area contributed by atoms with E-state index in [1.807, 2.05) is 19.1 Å². The third-order valence-electron chi connectivity index (χ3n) is 6.76. The Labute approximate surface area is 204 Å². The number of hydrogen-bond donors (Lipinski definition) is 2. The zero-order valence-corrected chi connectivity index (χ0v) is 20.0. The van der Waals surface area contributed by atoms with E-state index in [0.717, 1.165) is 23.1 Å². The van der Waals surface area contributed by atoms with Gasteiger partial charge in [-0.25, -0.2) is 14.4 Å². The second-order valence-corrected chi connectivity index (χ2v) is 9.11. The molecule has 1 aliphatic rings. The number of carbonyl (C=O) groups excluding carboxylic acids is 1. The van der Waals surface area contributed by atoms with Gasteiger partial charge in [-0.05, 0) is 36.1 Å². The Kier molecular flexibility index (Phi) is 4.88. The maximum atomic E-state index is 15.1. The van der Waals surface area contributed by atoms with Crippen molar-refractivity contribution in [1.29, 1.82) is 0 Å². The summed E-state index contributed by atoms with van der Waals surface area (Å²) in [5.41, 5.74) is 3.37. The molecule has 0 bridgehead atoms. The molecule has 5 heterocycles. The first-order valence-corrected chi connectivity index (χ1v) is 11.5. The standard InChI is InChI=1S/C25H23FN8O2/c1-13-18(11-28-24-23(13)31-33(3)25(24)36)17-6-14-8-20(27-10-15(14)7-19(17)26)29-21-9-16-4-5-32(2)22(35)12-34(16)30-21/h6-11,31H,4-5,12H2,1-3H3,(H,27,29,30). The van der Waals surface area contributed by atoms with Crippen molar-refractivity contribution in [2.24, 2.45) is 7.05 Å². The van der Waals surface area contributed by atoms with Gasteiger partial charge >= 0.3 is 0 Å². The topological polar surface area (TPSA) is 114 Å². The number of carbonyl (C=O) groups is 1. The van der Waals surface area contributed by atoms with E-state index < -0.39 is 5.82 Å². The van der Waals surface area contributed by atoms with Crippen molar-refractivity contribution in [3.05, 3.63) is 64.1 Å². The second-order valence-electron chi connectivity index (χ2n) is 9.11. The molecule has 182 valence electrons. The van der Waals surface area contributed by atoms with Crippen LogP contribution in [0, 0.1) is 12.7 Å². The number of anilines is 2. The molecule has 4 aromatic heterocycles. The van der Waals surface area contributed by atoms with Crippen molar-refractivity contribution in [2.45, 2.75) is 19.9 Å². The van der Waals surface area contributed by atoms with Gasteiger partial charge in [-0.3, -0.25) is 24.1 Å². The Bertz CT molecular complexity index is 1750. The SMILES string of the molecule is Cc1c(-c2cc3cc(Nc4cc5n(n4)CC(=O)N(C)CC5)ncc3cc2F)cnc2c(=O)n(C)[nH]c12. The fourth-order valence-electron chi connectivity index (χ4n) is 4.63. The maximum Gasteiger partial charge on any atom is 0.292 e. The van der Waals surface area contributed by atoms with Gasteiger partial charge in [0.25, 0.3) is 5.56 Å². The molecule has 1 aliphatic heterocycles. The lowest BCUT2D eigenvalue weighted by Crippen LogP contribution is -2.29. The number of rotatable bonds is 3. The molecule has 0 fully saturated rings. The number of nitrogens with one attached hydrogen (secondary N) is 2. The van der Waals surface area contributed by atoms with Crippen LogP contribution in [0.3, 0.4) is 0 Å². The van der Waals surface area contributed by atoms with Crippen molar-refractivity contribution >= 4 is 39.3 Å². The lowest BCUT2D eigenvalue weighted by Gasteiger charge is -2.12. The molecule has 0 unspecified atom stereocenters. The number of aromatic amines is 1. The van der Waals surface area contributed by atoms with Gasteiger partial charge in [-0.15, -0.1) is 0 Å². The number of benzene rings is 1. The number of aromatic nitrogens is 6. The third-order valence-corrected chi connectivity index (χ3v) is 6.76. The van der Waals surface area contributed by atoms with Crippen LogP contribution in [-0.4, -0.2) is 53.9 Å². The predicted octanol–water partition coefficient (Wildman–Crippen LogP) is 2.88. The van der Waals surface area contributed by atoms with Crippen LogP contribution < -0.4 is 10.9 Å². The molecule has 0 spiro atoms. The van der Waals surface area contributed by atoms with E-state index in [4.69, 9.17) is 0 Å². The summed E-state index contributed by atoms with van der Waals surface area (Å²) in [5, 5.41) is 12.1. The van der Waals surface area contributed by atoms with Gasteiger partial charge in [-0.2, -0.15) is 5.10 Å². The quantitative estimate of drug-likeness (QED) is 0.405. The van der Waals surface area contributed by atoms with Crippen LogP contribution in [-0.2, 0) is 24.8 Å². The number of H-pyrrole nitrogens is 1. The van der Waals surface area contributed by atoms with Gasteiger partial charge in [0, 0.05) is 67.7 Å². The molecule has 2 N–H and O–H groups in total. The van der Waals surface area contributed by atoms with Crippen LogP contribution in [0.25, 0.3) is 32.9 Å². The summed E-state index contributed by atoms with van der Waals surface area (Å²) >= 11 is 0. The first-order chi connectivity index (χ1) is 17.3. The molecule has 6 rings (SSSR count). The molecule has 5 aromatic rings. The highest BCUT2D eigenvalue weighted by Gasteiger charge is 2.20. The van der Waals surface area contributed by atoms with Crippen molar-refractivity contribution in [3.63, 3.8) is 0 Å². The summed E-state index contributed by atoms with van der Waals surface area (Å²) in [5.74, 6) is 0.758. The number of nitrogens with zero attached hydrogens (tertiary/aromatic N) is 6. The molecule has 1 aromatic carbocycles. The summed E-state index contributed by atoms with van der Waals surface area (Å²) < 4.78 is 18.2. The molecule has 0 atom stereocenters. The summed E-state index contributed by atoms with van der Waals surface area (Å²) in [4.78, 5) is 34.8. The molecular formula is C25H23FN8O2. The highest BCUT2D eigenvalue weighted by atomic mass is 19.1. The van der Waals surface area contributed by atoms with E-state index >= 15 is 4.39 Å². The van der Waals surface area contributed by atoms with E-state index in [9.17, 15) is 9.59 Å². The van der Waals surface area contributed by atoms with E-state index in [2.05, 4.69) is 25.5 Å². The monoisotopic (exact) mass is 486 g/mol. The predicted molar refractivity (Wildman–Crippen MR) is 134 cm³/mol. The van der Waals surface area contributed by atoms with Crippen molar-refractivity contribution in [2.75, 3.05) is 18.9 Å². The zero-order valence-electron chi connectivity index (χ0n) is 20.0. The molecule has 10 nitrogen and oxygen atoms in total. The lowest BCUT2D eigenvalue weighted by atomic mass is 9.98. The minimum atomic E-state index is -0.403. The van der Waals surface area contributed by atoms with Gasteiger partial charge in [-0.1, -0.05) is 0 Å². The van der Waals surface area contributed by atoms with Gasteiger partial charge < -0.3 is 10.2 Å². The molecule has 11 heteroatoms. The average molecular weight is 487 g/mol. The molecule has 36 heavy (non-hydrogen) atoms. The number of amides is 1. The Morgan fingerprint density at radius 2 is 1.83 bits per heavy atom. The maximum absolute atomic E-state index is 15.1. The van der Waals surface area contributed by atoms with E-state index in [1.54, 1.807) is 35.9 Å². The average Bonchev–Trinajstić information content (AvgIpc) is 3.33. The lowest BCUT2D eigenvalue weighted by molar-refractivity contribution is -0.130. The number of fused-ring (bicyclic) bond motifs is 3. The molecule has 1 amide bonds. The van der Waals surface area contributed by atoms with Crippen LogP contribution in [0.2, 0.25) is 0 Å². The summed E-state index contributed by atoms with van der Waals surface area (Å²) in [6, 6.07) is 6.94. The van der Waals surface area contributed by atoms with Crippen LogP contribution in [0.4, 0.5) is 16.0 Å². The van der Waals surface area contributed by atoms with E-state index in [1.165, 1.54) is 16.9 Å². The van der Waals surface area contributed by atoms with Crippen LogP contribution >= 0.6 is 0 Å². The Morgan fingerprint density at radius 3 is 2.67 bits per heavy atom. The van der Waals surface area contributed by atoms with E-state index in [-0.39, 0.29) is 18.0 Å². The van der Waals surface area contributed by atoms with E-state index in [0.29, 0.717) is 45.7 Å². The number of halogens is 1. The van der Waals surface area contributed by atoms with Crippen LogP contribution in [0.15, 0.2) is 41.5 Å². The van der Waals surface area contributed by atoms with Gasteiger partial charge in [0.05, 0.1) is 5.52 Å². The van der Waals surface area contributed by atoms with Crippen molar-refractivity contribution in [3.8, 4) is 11.1 Å². The Balaban J connectivity index is 1.37. The fraction of sp³-hybridized carbons (Fsp3) is 0.240. The number of hydrogen-bond acceptors (Lipinski definition) is 6. The van der Waals surface area contributed by atoms with Crippen LogP contribution in [0.1, 0.15) is 11.3 Å². The highest BCUT2D eigenvalue weighted by Crippen LogP contribution is 2.32. The number of pyridine rings is 2. The molecule has 0 aliphatic carbocycles. The van der Waals surface area contributed by atoms with Crippen molar-refractivity contribution in [1.82, 2.24) is 34.4 Å². The highest BCUT2D eigenvalue weighted by molar-refractivity contribution is 5.92. The van der Waals surface area contributed by atoms with Gasteiger partial charge in [0.15, 0.2) is 11.3 Å². The van der Waals surface area contributed by atoms with Crippen molar-refractivity contribution < 1.29 is 9.18 Å². The third kappa shape index (κ3) is 3.51. The molecule has 0 saturated carbocycles. The van der Waals surface area contributed by atoms with Gasteiger partial charge in [0.2, 0.25) is 5.91 Å². The number of aryl methyl sites for hydroxylation is 2. The Hall–Kier alpha value is -4.54. The minimum absolute atomic E-state index is 0.0179. The summed E-state index contributed by atoms with van der Waals surface area (Å²) in [6.07, 6.45) is 3.86. The fourth-order valence-corrected chi connectivity index (χ4v) is 4.63. The summed E-state index contributed by atoms with van der Waals surface area (Å²) in [7, 11) is 3.41. The first kappa shape index (κ1) is 22.0. The van der Waals surface area contributed by atoms with Gasteiger partial charge in [0.1, 0.15) is 18.2 Å². The minimum Gasteiger partial charge on any atom is -0.344 e. The largest absolute Gasteiger partial charge is 0.344 e. The smallest absolute Gasteiger partial charge is 0.292 e. The number of likely N-dealkylation sites (N-methyl/N-ethyl adjacent to an activating group) is 1. The molecular weight excluding hydrogens is 463 g/mol. The Morgan fingerprint density at radius 1 is 1.00 bits per heavy atom. The normalized spacial score (nSPS) is 13.9. The van der Waals surface area contributed by atoms with Crippen LogP contribution in [0.5, 0.6) is 0 Å². The molecule has 0 radical (unpaired) electrons.